The van der Waals surface area contributed by atoms with Gasteiger partial charge in [0, 0.05) is 6.04 Å². The number of hydrogen-bond donors (Lipinski definition) is 2. The van der Waals surface area contributed by atoms with Crippen LogP contribution in [-0.2, 0) is 6.54 Å². The SMILES string of the molecule is CCC(C)NC(=S)Nc1c(C)nn(Cc2c(F)c(F)c(F)c(F)c2F)c1C. The van der Waals surface area contributed by atoms with Gasteiger partial charge in [-0.1, -0.05) is 6.92 Å². The minimum atomic E-state index is -2.19. The zero-order chi connectivity index (χ0) is 20.5. The van der Waals surface area contributed by atoms with Gasteiger partial charge in [0.25, 0.3) is 0 Å². The third-order valence-electron chi connectivity index (χ3n) is 4.22. The standard InChI is InChI=1S/C17H19F5N4S/c1-5-7(2)23-17(27)24-16-8(3)25-26(9(16)4)6-10-11(18)13(20)15(22)14(21)12(10)19/h7H,5-6H2,1-4H3,(H2,23,24,27). The van der Waals surface area contributed by atoms with Crippen molar-refractivity contribution in [3.8, 4) is 0 Å². The van der Waals surface area contributed by atoms with Crippen molar-refractivity contribution < 1.29 is 22.0 Å². The quantitative estimate of drug-likeness (QED) is 0.336. The molecule has 1 aromatic heterocycles. The van der Waals surface area contributed by atoms with Crippen molar-refractivity contribution in [1.29, 1.82) is 0 Å². The second kappa shape index (κ2) is 8.20. The number of anilines is 1. The molecule has 0 saturated carbocycles. The summed E-state index contributed by atoms with van der Waals surface area (Å²) in [5.74, 6) is -9.90. The number of benzene rings is 1. The first kappa shape index (κ1) is 21.1. The molecule has 0 saturated heterocycles. The number of nitrogens with one attached hydrogen (secondary N) is 2. The molecular weight excluding hydrogens is 387 g/mol. The Morgan fingerprint density at radius 3 is 2.07 bits per heavy atom. The highest BCUT2D eigenvalue weighted by atomic mass is 32.1. The van der Waals surface area contributed by atoms with Gasteiger partial charge in [-0.3, -0.25) is 4.68 Å². The van der Waals surface area contributed by atoms with Crippen molar-refractivity contribution in [2.75, 3.05) is 5.32 Å². The Balaban J connectivity index is 2.34. The van der Waals surface area contributed by atoms with E-state index in [1.807, 2.05) is 13.8 Å². The Morgan fingerprint density at radius 2 is 1.56 bits per heavy atom. The first-order valence-electron chi connectivity index (χ1n) is 8.20. The molecule has 4 nitrogen and oxygen atoms in total. The highest BCUT2D eigenvalue weighted by Gasteiger charge is 2.26. The summed E-state index contributed by atoms with van der Waals surface area (Å²) in [6, 6.07) is 0.133. The predicted molar refractivity (Wildman–Crippen MR) is 96.1 cm³/mol. The van der Waals surface area contributed by atoms with Crippen LogP contribution >= 0.6 is 12.2 Å². The van der Waals surface area contributed by atoms with E-state index in [0.717, 1.165) is 11.1 Å². The number of thiocarbonyl (C=S) groups is 1. The van der Waals surface area contributed by atoms with Crippen molar-refractivity contribution in [2.45, 2.75) is 46.7 Å². The first-order valence-corrected chi connectivity index (χ1v) is 8.61. The summed E-state index contributed by atoms with van der Waals surface area (Å²) in [6.07, 6.45) is 0.847. The van der Waals surface area contributed by atoms with E-state index in [1.165, 1.54) is 0 Å². The smallest absolute Gasteiger partial charge is 0.200 e. The molecule has 148 valence electrons. The summed E-state index contributed by atoms with van der Waals surface area (Å²) in [5, 5.41) is 10.5. The fourth-order valence-electron chi connectivity index (χ4n) is 2.45. The molecule has 0 fully saturated rings. The van der Waals surface area contributed by atoms with E-state index >= 15 is 0 Å². The van der Waals surface area contributed by atoms with Gasteiger partial charge in [0.05, 0.1) is 29.2 Å². The Bertz CT molecular complexity index is 852. The van der Waals surface area contributed by atoms with Crippen molar-refractivity contribution in [3.05, 3.63) is 46.0 Å². The maximum absolute atomic E-state index is 13.9. The largest absolute Gasteiger partial charge is 0.360 e. The Morgan fingerprint density at radius 1 is 1.04 bits per heavy atom. The monoisotopic (exact) mass is 406 g/mol. The molecular formula is C17H19F5N4S. The highest BCUT2D eigenvalue weighted by Crippen LogP contribution is 2.26. The average molecular weight is 406 g/mol. The van der Waals surface area contributed by atoms with Gasteiger partial charge in [-0.2, -0.15) is 5.10 Å². The lowest BCUT2D eigenvalue weighted by Gasteiger charge is -2.15. The van der Waals surface area contributed by atoms with Crippen LogP contribution in [0.25, 0.3) is 0 Å². The number of hydrogen-bond acceptors (Lipinski definition) is 2. The molecule has 2 rings (SSSR count). The minimum absolute atomic E-state index is 0.133. The van der Waals surface area contributed by atoms with Gasteiger partial charge in [0.2, 0.25) is 5.82 Å². The molecule has 0 amide bonds. The summed E-state index contributed by atoms with van der Waals surface area (Å²) in [4.78, 5) is 0. The van der Waals surface area contributed by atoms with Crippen molar-refractivity contribution in [3.63, 3.8) is 0 Å². The molecule has 0 radical (unpaired) electrons. The molecule has 0 spiro atoms. The summed E-state index contributed by atoms with van der Waals surface area (Å²) in [5.41, 5.74) is 0.443. The van der Waals surface area contributed by atoms with Crippen molar-refractivity contribution >= 4 is 23.0 Å². The molecule has 1 unspecified atom stereocenters. The van der Waals surface area contributed by atoms with E-state index in [-0.39, 0.29) is 6.04 Å². The third-order valence-corrected chi connectivity index (χ3v) is 4.44. The van der Waals surface area contributed by atoms with Crippen LogP contribution in [0.3, 0.4) is 0 Å². The van der Waals surface area contributed by atoms with Gasteiger partial charge in [0.1, 0.15) is 0 Å². The predicted octanol–water partition coefficient (Wildman–Crippen LogP) is 4.33. The fraction of sp³-hybridized carbons (Fsp3) is 0.412. The summed E-state index contributed by atoms with van der Waals surface area (Å²) in [7, 11) is 0. The zero-order valence-corrected chi connectivity index (χ0v) is 16.0. The Hall–Kier alpha value is -2.23. The lowest BCUT2D eigenvalue weighted by atomic mass is 10.1. The molecule has 0 aliphatic rings. The number of aryl methyl sites for hydroxylation is 1. The molecule has 0 bridgehead atoms. The first-order chi connectivity index (χ1) is 12.6. The molecule has 1 atom stereocenters. The van der Waals surface area contributed by atoms with Gasteiger partial charge in [-0.25, -0.2) is 22.0 Å². The second-order valence-electron chi connectivity index (χ2n) is 6.16. The van der Waals surface area contributed by atoms with Crippen LogP contribution < -0.4 is 10.6 Å². The van der Waals surface area contributed by atoms with Gasteiger partial charge < -0.3 is 10.6 Å². The van der Waals surface area contributed by atoms with Crippen LogP contribution in [0, 0.1) is 42.9 Å². The highest BCUT2D eigenvalue weighted by molar-refractivity contribution is 7.80. The van der Waals surface area contributed by atoms with Crippen molar-refractivity contribution in [2.24, 2.45) is 0 Å². The van der Waals surface area contributed by atoms with E-state index < -0.39 is 41.2 Å². The summed E-state index contributed by atoms with van der Waals surface area (Å²) < 4.78 is 68.9. The van der Waals surface area contributed by atoms with Crippen LogP contribution in [0.5, 0.6) is 0 Å². The Labute approximate surface area is 158 Å². The average Bonchev–Trinajstić information content (AvgIpc) is 2.89. The van der Waals surface area contributed by atoms with Gasteiger partial charge >= 0.3 is 0 Å². The number of aromatic nitrogens is 2. The molecule has 1 heterocycles. The van der Waals surface area contributed by atoms with E-state index in [2.05, 4.69) is 15.7 Å². The topological polar surface area (TPSA) is 41.9 Å². The van der Waals surface area contributed by atoms with Crippen LogP contribution in [0.2, 0.25) is 0 Å². The maximum Gasteiger partial charge on any atom is 0.200 e. The van der Waals surface area contributed by atoms with E-state index in [9.17, 15) is 22.0 Å². The fourth-order valence-corrected chi connectivity index (χ4v) is 2.75. The van der Waals surface area contributed by atoms with Gasteiger partial charge in [0.15, 0.2) is 28.4 Å². The third kappa shape index (κ3) is 4.20. The summed E-state index contributed by atoms with van der Waals surface area (Å²) in [6.45, 7) is 6.54. The van der Waals surface area contributed by atoms with Crippen LogP contribution in [0.1, 0.15) is 37.2 Å². The molecule has 27 heavy (non-hydrogen) atoms. The van der Waals surface area contributed by atoms with Crippen LogP contribution in [0.15, 0.2) is 0 Å². The molecule has 2 N–H and O–H groups in total. The number of rotatable bonds is 5. The van der Waals surface area contributed by atoms with Crippen LogP contribution in [-0.4, -0.2) is 20.9 Å². The second-order valence-corrected chi connectivity index (χ2v) is 6.57. The van der Waals surface area contributed by atoms with Crippen LogP contribution in [0.4, 0.5) is 27.6 Å². The van der Waals surface area contributed by atoms with Gasteiger partial charge in [-0.05, 0) is 39.4 Å². The Kier molecular flexibility index (Phi) is 6.40. The zero-order valence-electron chi connectivity index (χ0n) is 15.2. The molecule has 2 aromatic rings. The number of nitrogens with zero attached hydrogens (tertiary/aromatic N) is 2. The minimum Gasteiger partial charge on any atom is -0.360 e. The lowest BCUT2D eigenvalue weighted by Crippen LogP contribution is -2.35. The molecule has 1 aromatic carbocycles. The lowest BCUT2D eigenvalue weighted by molar-refractivity contribution is 0.366. The van der Waals surface area contributed by atoms with E-state index in [1.54, 1.807) is 13.8 Å². The van der Waals surface area contributed by atoms with Crippen molar-refractivity contribution in [1.82, 2.24) is 15.1 Å². The van der Waals surface area contributed by atoms with E-state index in [4.69, 9.17) is 12.2 Å². The molecule has 10 heteroatoms. The molecule has 0 aliphatic heterocycles. The summed E-state index contributed by atoms with van der Waals surface area (Å²) >= 11 is 5.21. The number of halogens is 5. The van der Waals surface area contributed by atoms with E-state index in [0.29, 0.717) is 22.2 Å². The molecule has 0 aliphatic carbocycles. The normalized spacial score (nSPS) is 12.2. The van der Waals surface area contributed by atoms with Gasteiger partial charge in [-0.15, -0.1) is 0 Å². The maximum atomic E-state index is 13.9.